The minimum absolute atomic E-state index is 0. The first-order valence-corrected chi connectivity index (χ1v) is 17.7. The van der Waals surface area contributed by atoms with Gasteiger partial charge in [0.1, 0.15) is 0 Å². The zero-order valence-electron chi connectivity index (χ0n) is 29.4. The average molecular weight is 747 g/mol. The number of benzene rings is 4. The Bertz CT molecular complexity index is 1820. The van der Waals surface area contributed by atoms with E-state index >= 15 is 0 Å². The predicted octanol–water partition coefficient (Wildman–Crippen LogP) is 5.04. The van der Waals surface area contributed by atoms with Crippen LogP contribution in [0.1, 0.15) is 97.2 Å². The van der Waals surface area contributed by atoms with Gasteiger partial charge in [0.05, 0.1) is 0 Å². The summed E-state index contributed by atoms with van der Waals surface area (Å²) in [5, 5.41) is 0. The quantitative estimate of drug-likeness (QED) is 0.223. The van der Waals surface area contributed by atoms with Crippen molar-refractivity contribution in [3.8, 4) is 11.1 Å². The second kappa shape index (κ2) is 15.0. The van der Waals surface area contributed by atoms with Crippen LogP contribution in [0.3, 0.4) is 0 Å². The van der Waals surface area contributed by atoms with Gasteiger partial charge in [-0.15, -0.1) is 18.6 Å². The van der Waals surface area contributed by atoms with Crippen molar-refractivity contribution < 1.29 is 49.0 Å². The molecule has 0 fully saturated rings. The van der Waals surface area contributed by atoms with Crippen LogP contribution < -0.4 is 24.8 Å². The molecule has 8 rings (SSSR count). The predicted molar refractivity (Wildman–Crippen MR) is 194 cm³/mol. The molecule has 0 nitrogen and oxygen atoms in total. The Hall–Kier alpha value is -2.83. The molecule has 0 spiro atoms. The molecule has 3 heteroatoms. The number of aryl methyl sites for hydroxylation is 2. The number of hydrogen-bond donors (Lipinski definition) is 0. The van der Waals surface area contributed by atoms with E-state index in [1.165, 1.54) is 99.8 Å². The van der Waals surface area contributed by atoms with Crippen molar-refractivity contribution in [2.24, 2.45) is 5.92 Å². The van der Waals surface area contributed by atoms with Crippen molar-refractivity contribution in [2.75, 3.05) is 0 Å². The van der Waals surface area contributed by atoms with Crippen LogP contribution in [0.15, 0.2) is 96.6 Å². The van der Waals surface area contributed by atoms with E-state index in [2.05, 4.69) is 165 Å². The molecule has 0 N–H and O–H groups in total. The monoisotopic (exact) mass is 744 g/mol. The van der Waals surface area contributed by atoms with Gasteiger partial charge in [-0.05, 0) is 45.9 Å². The Labute approximate surface area is 316 Å². The standard InChI is InChI=1S/C23H21.C15H14.C7H9.2ClH.Zr/c1-22(2)7-5-14-10-18-16(12-20(14)22)9-17-13-21-15(11-19(17)18)6-8-23(21,3)4;1-12-3-7-14(8-4-12)11-15-9-5-13(2)6-10-15;1-6-3-4-7(2)5-6;;;/h5-7,10-13H,9H2,1-4H3;3-10H,1-2H3;3,5,7H,1-2H3;2*1H;/q-1;;-1;;;+2/p-2. The van der Waals surface area contributed by atoms with Gasteiger partial charge in [-0.25, -0.2) is 17.7 Å². The Balaban J connectivity index is 0.000000182. The summed E-state index contributed by atoms with van der Waals surface area (Å²) in [5.74, 6) is 0.556. The number of fused-ring (bicyclic) bond motifs is 5. The fraction of sp³-hybridized carbons (Fsp3) is 0.267. The number of allylic oxidation sites excluding steroid dienone is 6. The van der Waals surface area contributed by atoms with E-state index in [4.69, 9.17) is 0 Å². The summed E-state index contributed by atoms with van der Waals surface area (Å²) in [6, 6.07) is 27.2. The van der Waals surface area contributed by atoms with E-state index < -0.39 is 0 Å². The van der Waals surface area contributed by atoms with Gasteiger partial charge in [0.2, 0.25) is 0 Å². The van der Waals surface area contributed by atoms with Gasteiger partial charge in [-0.2, -0.15) is 11.6 Å². The molecule has 4 aliphatic carbocycles. The van der Waals surface area contributed by atoms with E-state index in [-0.39, 0.29) is 35.6 Å². The Morgan fingerprint density at radius 2 is 1.23 bits per heavy atom. The van der Waals surface area contributed by atoms with Gasteiger partial charge in [0, 0.05) is 5.41 Å². The smallest absolute Gasteiger partial charge is 1.00 e. The van der Waals surface area contributed by atoms with Crippen molar-refractivity contribution in [3.63, 3.8) is 0 Å². The molecule has 244 valence electrons. The molecule has 0 saturated carbocycles. The third-order valence-electron chi connectivity index (χ3n) is 9.62. The Morgan fingerprint density at radius 1 is 0.708 bits per heavy atom. The van der Waals surface area contributed by atoms with E-state index in [9.17, 15) is 0 Å². The van der Waals surface area contributed by atoms with Crippen molar-refractivity contribution in [1.82, 2.24) is 0 Å². The molecular weight excluding hydrogens is 703 g/mol. The molecule has 0 aromatic heterocycles. The fourth-order valence-electron chi connectivity index (χ4n) is 6.76. The van der Waals surface area contributed by atoms with Crippen LogP contribution in [0.25, 0.3) is 23.3 Å². The van der Waals surface area contributed by atoms with Gasteiger partial charge < -0.3 is 24.8 Å². The maximum absolute atomic E-state index is 3.50. The third kappa shape index (κ3) is 7.97. The Morgan fingerprint density at radius 3 is 1.71 bits per heavy atom. The first-order valence-electron chi connectivity index (χ1n) is 16.5. The Kier molecular flexibility index (Phi) is 11.8. The summed E-state index contributed by atoms with van der Waals surface area (Å²) in [6.45, 7) is 17.6. The van der Waals surface area contributed by atoms with Crippen LogP contribution in [0, 0.1) is 31.9 Å². The van der Waals surface area contributed by atoms with Gasteiger partial charge in [-0.1, -0.05) is 70.2 Å². The first-order chi connectivity index (χ1) is 21.8. The molecule has 0 aliphatic heterocycles. The van der Waals surface area contributed by atoms with E-state index in [0.29, 0.717) is 5.92 Å². The van der Waals surface area contributed by atoms with Crippen molar-refractivity contribution >= 4 is 15.4 Å². The fourth-order valence-corrected chi connectivity index (χ4v) is 7.58. The molecule has 0 bridgehead atoms. The summed E-state index contributed by atoms with van der Waals surface area (Å²) >= 11 is 1.46. The van der Waals surface area contributed by atoms with Crippen molar-refractivity contribution in [2.45, 2.75) is 72.6 Å². The van der Waals surface area contributed by atoms with E-state index in [1.807, 2.05) is 6.08 Å². The minimum atomic E-state index is 0. The van der Waals surface area contributed by atoms with Crippen LogP contribution >= 0.6 is 0 Å². The van der Waals surface area contributed by atoms with Crippen LogP contribution in [-0.4, -0.2) is 3.21 Å². The zero-order chi connectivity index (χ0) is 32.8. The molecule has 0 radical (unpaired) electrons. The topological polar surface area (TPSA) is 0 Å². The van der Waals surface area contributed by atoms with Gasteiger partial charge in [-0.3, -0.25) is 12.2 Å². The average Bonchev–Trinajstić information content (AvgIpc) is 3.75. The molecular formula is C45H44Cl2Zr-2. The molecule has 4 aliphatic rings. The summed E-state index contributed by atoms with van der Waals surface area (Å²) in [5.41, 5.74) is 18.3. The van der Waals surface area contributed by atoms with E-state index in [0.717, 1.165) is 6.42 Å². The van der Waals surface area contributed by atoms with Gasteiger partial charge in [0.15, 0.2) is 0 Å². The molecule has 0 saturated heterocycles. The van der Waals surface area contributed by atoms with Crippen LogP contribution in [0.4, 0.5) is 0 Å². The van der Waals surface area contributed by atoms with Crippen molar-refractivity contribution in [3.05, 3.63) is 164 Å². The van der Waals surface area contributed by atoms with Crippen molar-refractivity contribution in [1.29, 1.82) is 0 Å². The largest absolute Gasteiger partial charge is 1.00 e. The summed E-state index contributed by atoms with van der Waals surface area (Å²) in [4.78, 5) is 0. The maximum Gasteiger partial charge on any atom is -1.00 e. The first kappa shape index (κ1) is 38.0. The molecule has 4 aromatic carbocycles. The number of rotatable bonds is 2. The van der Waals surface area contributed by atoms with Crippen LogP contribution in [0.2, 0.25) is 0 Å². The zero-order valence-corrected chi connectivity index (χ0v) is 33.3. The second-order valence-corrected chi connectivity index (χ2v) is 15.7. The minimum Gasteiger partial charge on any atom is -1.00 e. The van der Waals surface area contributed by atoms with Crippen LogP contribution in [0.5, 0.6) is 0 Å². The molecule has 4 aromatic rings. The maximum atomic E-state index is 3.50. The molecule has 0 heterocycles. The molecule has 0 amide bonds. The summed E-state index contributed by atoms with van der Waals surface area (Å²) in [7, 11) is 0. The number of hydrogen-bond acceptors (Lipinski definition) is 0. The normalized spacial score (nSPS) is 17.3. The third-order valence-corrected chi connectivity index (χ3v) is 11.0. The number of halogens is 2. The summed E-state index contributed by atoms with van der Waals surface area (Å²) < 4.78 is 1.42. The molecule has 48 heavy (non-hydrogen) atoms. The molecule has 1 unspecified atom stereocenters. The van der Waals surface area contributed by atoms with E-state index in [1.54, 1.807) is 0 Å². The SMILES string of the molecule is CC1(C)[C-]=Cc2cc3c(cc21)Cc1cc2c(cc1-3)C=CC2(C)C.CC1=CC(C)[C-]=C1.Cc1ccc([C](=[Zr+2])c2ccc(C)cc2)cc1.[Cl-].[Cl-]. The second-order valence-electron chi connectivity index (χ2n) is 14.5. The van der Waals surface area contributed by atoms with Gasteiger partial charge in [0.25, 0.3) is 0 Å². The summed E-state index contributed by atoms with van der Waals surface area (Å²) in [6.07, 6.45) is 18.7. The molecule has 1 atom stereocenters. The van der Waals surface area contributed by atoms with Crippen LogP contribution in [-0.2, 0) is 41.5 Å². The van der Waals surface area contributed by atoms with Gasteiger partial charge >= 0.3 is 112 Å².